The van der Waals surface area contributed by atoms with E-state index in [0.29, 0.717) is 13.0 Å². The standard InChI is InChI=1S/C24H32O5/c1-15(25)28-14-23(5)10-7-11-24(6)19-9-8-17(22(3,4)29-16(2)26)12-18(19)20(27)13-21(23)24/h8-9,12,21H,7,10-11,13-14H2,1-6H3/t21-,23-,24+/m0/s1. The Morgan fingerprint density at radius 3 is 2.45 bits per heavy atom. The van der Waals surface area contributed by atoms with Crippen LogP contribution in [0, 0.1) is 11.3 Å². The second-order valence-electron chi connectivity index (χ2n) is 9.75. The number of ether oxygens (including phenoxy) is 2. The molecule has 5 nitrogen and oxygen atoms in total. The zero-order chi connectivity index (χ0) is 21.6. The molecule has 5 heteroatoms. The van der Waals surface area contributed by atoms with Crippen LogP contribution in [0.3, 0.4) is 0 Å². The van der Waals surface area contributed by atoms with Crippen molar-refractivity contribution in [3.63, 3.8) is 0 Å². The van der Waals surface area contributed by atoms with Crippen LogP contribution in [0.1, 0.15) is 88.7 Å². The topological polar surface area (TPSA) is 69.7 Å². The number of hydrogen-bond acceptors (Lipinski definition) is 5. The van der Waals surface area contributed by atoms with Gasteiger partial charge in [-0.25, -0.2) is 0 Å². The first-order valence-electron chi connectivity index (χ1n) is 10.4. The summed E-state index contributed by atoms with van der Waals surface area (Å²) in [4.78, 5) is 36.1. The van der Waals surface area contributed by atoms with Crippen LogP contribution in [-0.4, -0.2) is 24.3 Å². The van der Waals surface area contributed by atoms with E-state index >= 15 is 0 Å². The number of benzene rings is 1. The van der Waals surface area contributed by atoms with Gasteiger partial charge in [0.25, 0.3) is 0 Å². The van der Waals surface area contributed by atoms with E-state index in [1.165, 1.54) is 13.8 Å². The van der Waals surface area contributed by atoms with Crippen LogP contribution >= 0.6 is 0 Å². The predicted molar refractivity (Wildman–Crippen MR) is 110 cm³/mol. The van der Waals surface area contributed by atoms with Crippen molar-refractivity contribution in [2.75, 3.05) is 6.61 Å². The van der Waals surface area contributed by atoms with E-state index in [-0.39, 0.29) is 34.5 Å². The summed E-state index contributed by atoms with van der Waals surface area (Å²) in [5, 5.41) is 0. The monoisotopic (exact) mass is 400 g/mol. The average Bonchev–Trinajstić information content (AvgIpc) is 2.61. The summed E-state index contributed by atoms with van der Waals surface area (Å²) in [6.45, 7) is 11.2. The molecule has 0 radical (unpaired) electrons. The van der Waals surface area contributed by atoms with Crippen molar-refractivity contribution in [1.29, 1.82) is 0 Å². The van der Waals surface area contributed by atoms with E-state index in [4.69, 9.17) is 9.47 Å². The third-order valence-corrected chi connectivity index (χ3v) is 7.08. The van der Waals surface area contributed by atoms with E-state index in [2.05, 4.69) is 13.8 Å². The lowest BCUT2D eigenvalue weighted by Crippen LogP contribution is -2.52. The molecular formula is C24H32O5. The van der Waals surface area contributed by atoms with Crippen molar-refractivity contribution in [2.24, 2.45) is 11.3 Å². The van der Waals surface area contributed by atoms with Crippen molar-refractivity contribution in [3.8, 4) is 0 Å². The van der Waals surface area contributed by atoms with Gasteiger partial charge in [0.2, 0.25) is 0 Å². The van der Waals surface area contributed by atoms with Crippen LogP contribution in [0.25, 0.3) is 0 Å². The lowest BCUT2D eigenvalue weighted by atomic mass is 9.49. The van der Waals surface area contributed by atoms with Crippen LogP contribution in [0.4, 0.5) is 0 Å². The predicted octanol–water partition coefficient (Wildman–Crippen LogP) is 4.70. The normalized spacial score (nSPS) is 28.9. The minimum absolute atomic E-state index is 0.110. The maximum atomic E-state index is 13.2. The van der Waals surface area contributed by atoms with E-state index < -0.39 is 5.60 Å². The van der Waals surface area contributed by atoms with Gasteiger partial charge in [-0.15, -0.1) is 0 Å². The van der Waals surface area contributed by atoms with Crippen LogP contribution < -0.4 is 0 Å². The molecule has 3 atom stereocenters. The minimum Gasteiger partial charge on any atom is -0.465 e. The molecule has 0 N–H and O–H groups in total. The molecular weight excluding hydrogens is 368 g/mol. The highest BCUT2D eigenvalue weighted by atomic mass is 16.6. The molecule has 0 unspecified atom stereocenters. The summed E-state index contributed by atoms with van der Waals surface area (Å²) in [5.74, 6) is -0.396. The van der Waals surface area contributed by atoms with Gasteiger partial charge in [-0.3, -0.25) is 14.4 Å². The van der Waals surface area contributed by atoms with Gasteiger partial charge in [0.15, 0.2) is 5.78 Å². The third kappa shape index (κ3) is 3.84. The van der Waals surface area contributed by atoms with Crippen LogP contribution in [0.5, 0.6) is 0 Å². The highest BCUT2D eigenvalue weighted by Gasteiger charge is 2.54. The third-order valence-electron chi connectivity index (χ3n) is 7.08. The lowest BCUT2D eigenvalue weighted by Gasteiger charge is -2.54. The minimum atomic E-state index is -0.796. The molecule has 0 saturated heterocycles. The molecule has 2 aliphatic carbocycles. The Morgan fingerprint density at radius 2 is 1.83 bits per heavy atom. The Hall–Kier alpha value is -2.17. The maximum absolute atomic E-state index is 13.2. The van der Waals surface area contributed by atoms with Gasteiger partial charge >= 0.3 is 11.9 Å². The quantitative estimate of drug-likeness (QED) is 0.685. The Balaban J connectivity index is 2.02. The molecule has 1 saturated carbocycles. The summed E-state index contributed by atoms with van der Waals surface area (Å²) in [6, 6.07) is 5.92. The molecule has 0 aromatic heterocycles. The summed E-state index contributed by atoms with van der Waals surface area (Å²) in [6.07, 6.45) is 3.42. The highest BCUT2D eigenvalue weighted by molar-refractivity contribution is 5.99. The molecule has 2 aliphatic rings. The van der Waals surface area contributed by atoms with E-state index in [1.807, 2.05) is 32.0 Å². The van der Waals surface area contributed by atoms with E-state index in [9.17, 15) is 14.4 Å². The average molecular weight is 401 g/mol. The van der Waals surface area contributed by atoms with Gasteiger partial charge in [-0.1, -0.05) is 32.4 Å². The van der Waals surface area contributed by atoms with Gasteiger partial charge in [-0.2, -0.15) is 0 Å². The first-order chi connectivity index (χ1) is 13.4. The zero-order valence-electron chi connectivity index (χ0n) is 18.4. The van der Waals surface area contributed by atoms with Crippen molar-refractivity contribution in [3.05, 3.63) is 34.9 Å². The van der Waals surface area contributed by atoms with Crippen molar-refractivity contribution < 1.29 is 23.9 Å². The van der Waals surface area contributed by atoms with E-state index in [0.717, 1.165) is 36.0 Å². The van der Waals surface area contributed by atoms with Gasteiger partial charge in [0, 0.05) is 31.2 Å². The molecule has 3 rings (SSSR count). The Labute approximate surface area is 173 Å². The lowest BCUT2D eigenvalue weighted by molar-refractivity contribution is -0.154. The fraction of sp³-hybridized carbons (Fsp3) is 0.625. The fourth-order valence-corrected chi connectivity index (χ4v) is 5.57. The number of hydrogen-bond donors (Lipinski definition) is 0. The van der Waals surface area contributed by atoms with Gasteiger partial charge in [0.05, 0.1) is 6.61 Å². The summed E-state index contributed by atoms with van der Waals surface area (Å²) >= 11 is 0. The largest absolute Gasteiger partial charge is 0.465 e. The Bertz CT molecular complexity index is 855. The number of Topliss-reactive ketones (excluding diaryl/α,β-unsaturated/α-hetero) is 1. The molecule has 1 aromatic rings. The zero-order valence-corrected chi connectivity index (χ0v) is 18.4. The highest BCUT2D eigenvalue weighted by Crippen LogP contribution is 2.57. The van der Waals surface area contributed by atoms with Gasteiger partial charge in [-0.05, 0) is 55.2 Å². The van der Waals surface area contributed by atoms with Gasteiger partial charge in [0.1, 0.15) is 5.60 Å². The molecule has 158 valence electrons. The SMILES string of the molecule is CC(=O)OC[C@]1(C)CCC[C@]2(C)c3ccc(C(C)(C)OC(C)=O)cc3C(=O)C[C@@H]12. The first-order valence-corrected chi connectivity index (χ1v) is 10.4. The Kier molecular flexibility index (Phi) is 5.39. The Morgan fingerprint density at radius 1 is 1.14 bits per heavy atom. The number of carbonyl (C=O) groups excluding carboxylic acids is 3. The van der Waals surface area contributed by atoms with Crippen molar-refractivity contribution in [2.45, 2.75) is 78.2 Å². The van der Waals surface area contributed by atoms with E-state index in [1.54, 1.807) is 0 Å². The number of carbonyl (C=O) groups is 3. The number of esters is 2. The smallest absolute Gasteiger partial charge is 0.303 e. The number of fused-ring (bicyclic) bond motifs is 3. The second-order valence-corrected chi connectivity index (χ2v) is 9.75. The summed E-state index contributed by atoms with van der Waals surface area (Å²) < 4.78 is 10.9. The number of rotatable bonds is 4. The van der Waals surface area contributed by atoms with Crippen LogP contribution in [0.15, 0.2) is 18.2 Å². The fourth-order valence-electron chi connectivity index (χ4n) is 5.57. The van der Waals surface area contributed by atoms with Crippen LogP contribution in [0.2, 0.25) is 0 Å². The van der Waals surface area contributed by atoms with Crippen molar-refractivity contribution >= 4 is 17.7 Å². The molecule has 0 amide bonds. The van der Waals surface area contributed by atoms with Crippen molar-refractivity contribution in [1.82, 2.24) is 0 Å². The first kappa shape index (κ1) is 21.5. The molecule has 0 aliphatic heterocycles. The van der Waals surface area contributed by atoms with Crippen LogP contribution in [-0.2, 0) is 30.1 Å². The molecule has 1 aromatic carbocycles. The molecule has 29 heavy (non-hydrogen) atoms. The molecule has 0 spiro atoms. The maximum Gasteiger partial charge on any atom is 0.303 e. The molecule has 0 heterocycles. The summed E-state index contributed by atoms with van der Waals surface area (Å²) in [7, 11) is 0. The second kappa shape index (κ2) is 7.26. The van der Waals surface area contributed by atoms with Gasteiger partial charge < -0.3 is 9.47 Å². The number of ketones is 1. The molecule has 0 bridgehead atoms. The molecule has 1 fully saturated rings. The summed E-state index contributed by atoms with van der Waals surface area (Å²) in [5.41, 5.74) is 1.45.